The zero-order chi connectivity index (χ0) is 11.4. The van der Waals surface area contributed by atoms with Crippen LogP contribution in [0.25, 0.3) is 0 Å². The molecule has 0 aromatic heterocycles. The summed E-state index contributed by atoms with van der Waals surface area (Å²) < 4.78 is 16.4. The molecule has 0 bridgehead atoms. The molecular weight excluding hydrogens is 223 g/mol. The van der Waals surface area contributed by atoms with Gasteiger partial charge in [-0.25, -0.2) is 0 Å². The lowest BCUT2D eigenvalue weighted by atomic mass is 10.3. The minimum atomic E-state index is -0.182. The summed E-state index contributed by atoms with van der Waals surface area (Å²) in [6, 6.07) is 13.8. The Kier molecular flexibility index (Phi) is 3.18. The minimum absolute atomic E-state index is 0.0234. The predicted molar refractivity (Wildman–Crippen MR) is 61.9 cm³/mol. The van der Waals surface area contributed by atoms with E-state index >= 15 is 0 Å². The van der Waals surface area contributed by atoms with E-state index in [4.69, 9.17) is 4.74 Å². The lowest BCUT2D eigenvalue weighted by Gasteiger charge is -2.08. The monoisotopic (exact) mass is 232 g/mol. The van der Waals surface area contributed by atoms with Crippen LogP contribution in [0.5, 0.6) is 17.2 Å². The van der Waals surface area contributed by atoms with E-state index in [-0.39, 0.29) is 20.0 Å². The first-order chi connectivity index (χ1) is 7.81. The Bertz CT molecular complexity index is 497. The van der Waals surface area contributed by atoms with Crippen LogP contribution in [0.2, 0.25) is 0 Å². The number of hydrogen-bond acceptors (Lipinski definition) is 3. The highest BCUT2D eigenvalue weighted by Crippen LogP contribution is 2.30. The van der Waals surface area contributed by atoms with Gasteiger partial charge in [0.15, 0.2) is 20.0 Å². The number of hydrogen-bond donors (Lipinski definition) is 1. The van der Waals surface area contributed by atoms with Crippen LogP contribution >= 0.6 is 8.46 Å². The highest BCUT2D eigenvalue weighted by Gasteiger charge is 2.09. The normalized spacial score (nSPS) is 10.2. The number of phenols is 1. The average molecular weight is 232 g/mol. The van der Waals surface area contributed by atoms with Crippen molar-refractivity contribution in [2.45, 2.75) is 0 Å². The first-order valence-electron chi connectivity index (χ1n) is 4.69. The van der Waals surface area contributed by atoms with Gasteiger partial charge in [0.25, 0.3) is 0 Å². The molecule has 0 heterocycles. The van der Waals surface area contributed by atoms with Crippen molar-refractivity contribution >= 4 is 13.8 Å². The lowest BCUT2D eigenvalue weighted by Crippen LogP contribution is -1.98. The van der Waals surface area contributed by atoms with E-state index in [9.17, 15) is 9.67 Å². The topological polar surface area (TPSA) is 46.5 Å². The molecule has 0 radical (unpaired) electrons. The molecule has 16 heavy (non-hydrogen) atoms. The summed E-state index contributed by atoms with van der Waals surface area (Å²) in [6.07, 6.45) is 0. The molecule has 2 aromatic carbocycles. The van der Waals surface area contributed by atoms with E-state index in [0.717, 1.165) is 0 Å². The molecule has 1 N–H and O–H groups in total. The van der Waals surface area contributed by atoms with Crippen molar-refractivity contribution in [1.82, 2.24) is 0 Å². The van der Waals surface area contributed by atoms with E-state index in [1.807, 2.05) is 18.2 Å². The average Bonchev–Trinajstić information content (AvgIpc) is 2.33. The third-order valence-corrected chi connectivity index (χ3v) is 2.58. The van der Waals surface area contributed by atoms with Crippen molar-refractivity contribution < 1.29 is 14.4 Å². The van der Waals surface area contributed by atoms with Crippen molar-refractivity contribution in [1.29, 1.82) is 0 Å². The maximum absolute atomic E-state index is 10.9. The fourth-order valence-electron chi connectivity index (χ4n) is 1.30. The van der Waals surface area contributed by atoms with Crippen LogP contribution in [-0.4, -0.2) is 5.11 Å². The molecule has 0 aliphatic carbocycles. The van der Waals surface area contributed by atoms with Crippen LogP contribution in [0, 0.1) is 0 Å². The lowest BCUT2D eigenvalue weighted by molar-refractivity contribution is 0.414. The molecule has 80 valence electrons. The maximum atomic E-state index is 10.9. The molecule has 2 aromatic rings. The number of para-hydroxylation sites is 2. The molecule has 3 nitrogen and oxygen atoms in total. The Labute approximate surface area is 94.5 Å². The summed E-state index contributed by atoms with van der Waals surface area (Å²) in [5.74, 6) is 0.795. The van der Waals surface area contributed by atoms with Gasteiger partial charge in [0, 0.05) is 0 Å². The number of aromatic hydroxyl groups is 1. The summed E-state index contributed by atoms with van der Waals surface area (Å²) in [5.41, 5.74) is 0. The molecular formula is C12H9O3P. The number of benzene rings is 2. The standard InChI is InChI=1S/C12H9O3P/c13-10-7-4-8-11(16-14)12(10)15-9-5-2-1-3-6-9/h1-8,13H. The minimum Gasteiger partial charge on any atom is -0.504 e. The second-order valence-corrected chi connectivity index (χ2v) is 3.80. The third-order valence-electron chi connectivity index (χ3n) is 2.03. The Hall–Kier alpha value is -1.86. The van der Waals surface area contributed by atoms with Crippen molar-refractivity contribution in [3.63, 3.8) is 0 Å². The van der Waals surface area contributed by atoms with E-state index in [0.29, 0.717) is 11.1 Å². The summed E-state index contributed by atoms with van der Waals surface area (Å²) in [4.78, 5) is 0. The molecule has 0 saturated heterocycles. The van der Waals surface area contributed by atoms with Gasteiger partial charge < -0.3 is 9.84 Å². The van der Waals surface area contributed by atoms with Gasteiger partial charge in [0.05, 0.1) is 5.30 Å². The molecule has 0 amide bonds. The summed E-state index contributed by atoms with van der Waals surface area (Å²) in [5, 5.41) is 10.0. The number of rotatable bonds is 3. The van der Waals surface area contributed by atoms with Gasteiger partial charge in [-0.1, -0.05) is 24.3 Å². The first-order valence-corrected chi connectivity index (χ1v) is 5.51. The molecule has 0 spiro atoms. The van der Waals surface area contributed by atoms with E-state index in [1.54, 1.807) is 24.3 Å². The zero-order valence-corrected chi connectivity index (χ0v) is 9.22. The fourth-order valence-corrected chi connectivity index (χ4v) is 1.69. The summed E-state index contributed by atoms with van der Waals surface area (Å²) in [7, 11) is -0.182. The van der Waals surface area contributed by atoms with Gasteiger partial charge >= 0.3 is 0 Å². The van der Waals surface area contributed by atoms with Crippen LogP contribution < -0.4 is 10.0 Å². The smallest absolute Gasteiger partial charge is 0.196 e. The molecule has 2 rings (SSSR count). The van der Waals surface area contributed by atoms with E-state index in [1.165, 1.54) is 6.07 Å². The van der Waals surface area contributed by atoms with Crippen molar-refractivity contribution in [3.05, 3.63) is 48.5 Å². The Morgan fingerprint density at radius 2 is 1.75 bits per heavy atom. The van der Waals surface area contributed by atoms with Gasteiger partial charge in [-0.2, -0.15) is 0 Å². The fraction of sp³-hybridized carbons (Fsp3) is 0. The molecule has 0 fully saturated rings. The van der Waals surface area contributed by atoms with Crippen molar-refractivity contribution in [2.24, 2.45) is 0 Å². The largest absolute Gasteiger partial charge is 0.504 e. The highest BCUT2D eigenvalue weighted by molar-refractivity contribution is 7.34. The van der Waals surface area contributed by atoms with Crippen LogP contribution in [0.15, 0.2) is 48.5 Å². The molecule has 0 atom stereocenters. The molecule has 0 saturated carbocycles. The Morgan fingerprint density at radius 1 is 1.00 bits per heavy atom. The summed E-state index contributed by atoms with van der Waals surface area (Å²) in [6.45, 7) is 0. The van der Waals surface area contributed by atoms with Crippen molar-refractivity contribution in [2.75, 3.05) is 0 Å². The van der Waals surface area contributed by atoms with Gasteiger partial charge in [0.1, 0.15) is 5.75 Å². The van der Waals surface area contributed by atoms with Gasteiger partial charge in [-0.3, -0.25) is 4.57 Å². The van der Waals surface area contributed by atoms with E-state index in [2.05, 4.69) is 0 Å². The van der Waals surface area contributed by atoms with Gasteiger partial charge in [0.2, 0.25) is 0 Å². The molecule has 0 aliphatic rings. The predicted octanol–water partition coefficient (Wildman–Crippen LogP) is 3.10. The molecule has 4 heteroatoms. The maximum Gasteiger partial charge on any atom is 0.196 e. The van der Waals surface area contributed by atoms with Crippen LogP contribution in [0.3, 0.4) is 0 Å². The molecule has 0 aliphatic heterocycles. The number of phenolic OH excluding ortho intramolecular Hbond substituents is 1. The van der Waals surface area contributed by atoms with Gasteiger partial charge in [-0.15, -0.1) is 0 Å². The van der Waals surface area contributed by atoms with Gasteiger partial charge in [-0.05, 0) is 24.3 Å². The zero-order valence-electron chi connectivity index (χ0n) is 8.33. The van der Waals surface area contributed by atoms with Crippen LogP contribution in [0.4, 0.5) is 0 Å². The van der Waals surface area contributed by atoms with Crippen LogP contribution in [-0.2, 0) is 4.57 Å². The third kappa shape index (κ3) is 2.20. The quantitative estimate of drug-likeness (QED) is 0.827. The Morgan fingerprint density at radius 3 is 2.44 bits per heavy atom. The summed E-state index contributed by atoms with van der Waals surface area (Å²) >= 11 is 0. The SMILES string of the molecule is O=Pc1cccc(O)c1Oc1ccccc1. The second kappa shape index (κ2) is 4.77. The highest BCUT2D eigenvalue weighted by atomic mass is 31.1. The van der Waals surface area contributed by atoms with Crippen molar-refractivity contribution in [3.8, 4) is 17.2 Å². The van der Waals surface area contributed by atoms with Crippen LogP contribution in [0.1, 0.15) is 0 Å². The first kappa shape index (κ1) is 10.7. The number of ether oxygens (including phenoxy) is 1. The second-order valence-electron chi connectivity index (χ2n) is 3.13. The molecule has 0 unspecified atom stereocenters. The Balaban J connectivity index is 2.38. The van der Waals surface area contributed by atoms with E-state index < -0.39 is 0 Å².